The highest BCUT2D eigenvalue weighted by Gasteiger charge is 2.38. The Kier molecular flexibility index (Phi) is 2.80. The van der Waals surface area contributed by atoms with Crippen LogP contribution in [0.3, 0.4) is 0 Å². The zero-order chi connectivity index (χ0) is 10.8. The van der Waals surface area contributed by atoms with Crippen LogP contribution in [0.25, 0.3) is 0 Å². The van der Waals surface area contributed by atoms with Crippen molar-refractivity contribution >= 4 is 5.97 Å². The normalized spacial score (nSPS) is 28.7. The third-order valence-corrected chi connectivity index (χ3v) is 2.92. The predicted molar refractivity (Wildman–Crippen MR) is 56.1 cm³/mol. The molecule has 3 heteroatoms. The fourth-order valence-electron chi connectivity index (χ4n) is 2.27. The molecule has 1 aliphatic carbocycles. The fraction of sp³-hybridized carbons (Fsp3) is 0.583. The first-order valence-electron chi connectivity index (χ1n) is 5.45. The second-order valence-electron chi connectivity index (χ2n) is 3.88. The molecule has 0 bridgehead atoms. The van der Waals surface area contributed by atoms with E-state index < -0.39 is 0 Å². The number of carbonyl (C=O) groups excluding carboxylic acids is 1. The number of hydrogen-bond donors (Lipinski definition) is 0. The monoisotopic (exact) mass is 208 g/mol. The van der Waals surface area contributed by atoms with Crippen molar-refractivity contribution in [2.75, 3.05) is 6.61 Å². The second-order valence-corrected chi connectivity index (χ2v) is 3.88. The third-order valence-electron chi connectivity index (χ3n) is 2.92. The molecular formula is C12H16O3. The molecule has 82 valence electrons. The quantitative estimate of drug-likeness (QED) is 0.515. The van der Waals surface area contributed by atoms with E-state index in [1.54, 1.807) is 0 Å². The van der Waals surface area contributed by atoms with Gasteiger partial charge in [0, 0.05) is 5.92 Å². The first kappa shape index (κ1) is 10.3. The number of hydrogen-bond acceptors (Lipinski definition) is 3. The van der Waals surface area contributed by atoms with E-state index in [0.717, 1.165) is 24.2 Å². The van der Waals surface area contributed by atoms with E-state index in [9.17, 15) is 4.79 Å². The number of ether oxygens (including phenoxy) is 2. The van der Waals surface area contributed by atoms with Crippen LogP contribution in [0, 0.1) is 5.92 Å². The van der Waals surface area contributed by atoms with E-state index in [4.69, 9.17) is 9.47 Å². The van der Waals surface area contributed by atoms with Crippen LogP contribution in [0.15, 0.2) is 23.5 Å². The molecule has 2 atom stereocenters. The molecular weight excluding hydrogens is 192 g/mol. The van der Waals surface area contributed by atoms with Crippen LogP contribution >= 0.6 is 0 Å². The van der Waals surface area contributed by atoms with Crippen LogP contribution < -0.4 is 0 Å². The minimum Gasteiger partial charge on any atom is -0.490 e. The van der Waals surface area contributed by atoms with E-state index in [2.05, 4.69) is 6.08 Å². The average molecular weight is 208 g/mol. The van der Waals surface area contributed by atoms with Gasteiger partial charge < -0.3 is 9.47 Å². The Hall–Kier alpha value is -1.25. The standard InChI is InChI=1S/C12H16O3/c1-3-14-12(13)11-8(2)15-10-7-5-4-6-9(10)11/h5,7,9-10H,3-4,6H2,1-2H3/t9-,10+/m0/s1. The first-order chi connectivity index (χ1) is 7.24. The Morgan fingerprint density at radius 2 is 2.47 bits per heavy atom. The lowest BCUT2D eigenvalue weighted by molar-refractivity contribution is -0.139. The van der Waals surface area contributed by atoms with Crippen LogP contribution in [-0.2, 0) is 14.3 Å². The van der Waals surface area contributed by atoms with Gasteiger partial charge in [-0.1, -0.05) is 6.08 Å². The van der Waals surface area contributed by atoms with Gasteiger partial charge in [0.25, 0.3) is 0 Å². The molecule has 0 unspecified atom stereocenters. The van der Waals surface area contributed by atoms with Crippen LogP contribution in [-0.4, -0.2) is 18.7 Å². The summed E-state index contributed by atoms with van der Waals surface area (Å²) in [6.07, 6.45) is 6.21. The third kappa shape index (κ3) is 1.78. The van der Waals surface area contributed by atoms with E-state index in [1.807, 2.05) is 19.9 Å². The smallest absolute Gasteiger partial charge is 0.337 e. The maximum atomic E-state index is 11.7. The highest BCUT2D eigenvalue weighted by molar-refractivity contribution is 5.90. The highest BCUT2D eigenvalue weighted by Crippen LogP contribution is 2.38. The molecule has 0 aromatic carbocycles. The van der Waals surface area contributed by atoms with Gasteiger partial charge in [-0.2, -0.15) is 0 Å². The maximum Gasteiger partial charge on any atom is 0.337 e. The van der Waals surface area contributed by atoms with Crippen molar-refractivity contribution in [2.45, 2.75) is 32.8 Å². The molecule has 0 saturated heterocycles. The van der Waals surface area contributed by atoms with Crippen molar-refractivity contribution in [3.63, 3.8) is 0 Å². The van der Waals surface area contributed by atoms with Crippen molar-refractivity contribution in [1.82, 2.24) is 0 Å². The lowest BCUT2D eigenvalue weighted by atomic mass is 9.86. The number of allylic oxidation sites excluding steroid dienone is 2. The first-order valence-corrected chi connectivity index (χ1v) is 5.45. The van der Waals surface area contributed by atoms with Crippen molar-refractivity contribution in [3.05, 3.63) is 23.5 Å². The van der Waals surface area contributed by atoms with Crippen molar-refractivity contribution in [2.24, 2.45) is 5.92 Å². The average Bonchev–Trinajstić information content (AvgIpc) is 2.54. The van der Waals surface area contributed by atoms with Crippen molar-refractivity contribution in [1.29, 1.82) is 0 Å². The van der Waals surface area contributed by atoms with Gasteiger partial charge in [0.15, 0.2) is 0 Å². The molecule has 0 amide bonds. The molecule has 2 rings (SSSR count). The number of fused-ring (bicyclic) bond motifs is 1. The predicted octanol–water partition coefficient (Wildman–Crippen LogP) is 2.19. The Bertz CT molecular complexity index is 328. The summed E-state index contributed by atoms with van der Waals surface area (Å²) >= 11 is 0. The van der Waals surface area contributed by atoms with E-state index >= 15 is 0 Å². The topological polar surface area (TPSA) is 35.5 Å². The molecule has 1 aliphatic heterocycles. The van der Waals surface area contributed by atoms with Crippen molar-refractivity contribution in [3.8, 4) is 0 Å². The molecule has 0 aromatic rings. The van der Waals surface area contributed by atoms with Gasteiger partial charge in [-0.05, 0) is 32.8 Å². The van der Waals surface area contributed by atoms with Gasteiger partial charge in [-0.15, -0.1) is 0 Å². The van der Waals surface area contributed by atoms with Crippen LogP contribution in [0.1, 0.15) is 26.7 Å². The van der Waals surface area contributed by atoms with Gasteiger partial charge >= 0.3 is 5.97 Å². The molecule has 2 aliphatic rings. The molecule has 1 heterocycles. The summed E-state index contributed by atoms with van der Waals surface area (Å²) in [7, 11) is 0. The fourth-order valence-corrected chi connectivity index (χ4v) is 2.27. The molecule has 0 spiro atoms. The number of esters is 1. The summed E-state index contributed by atoms with van der Waals surface area (Å²) in [6, 6.07) is 0. The largest absolute Gasteiger partial charge is 0.490 e. The lowest BCUT2D eigenvalue weighted by Crippen LogP contribution is -2.23. The molecule has 0 saturated carbocycles. The van der Waals surface area contributed by atoms with Gasteiger partial charge in [0.2, 0.25) is 0 Å². The van der Waals surface area contributed by atoms with Crippen molar-refractivity contribution < 1.29 is 14.3 Å². The minimum atomic E-state index is -0.210. The van der Waals surface area contributed by atoms with Crippen LogP contribution in [0.4, 0.5) is 0 Å². The number of carbonyl (C=O) groups is 1. The maximum absolute atomic E-state index is 11.7. The van der Waals surface area contributed by atoms with Gasteiger partial charge in [0.05, 0.1) is 12.2 Å². The molecule has 3 nitrogen and oxygen atoms in total. The molecule has 0 radical (unpaired) electrons. The summed E-state index contributed by atoms with van der Waals surface area (Å²) in [5, 5.41) is 0. The van der Waals surface area contributed by atoms with Crippen LogP contribution in [0.5, 0.6) is 0 Å². The molecule has 0 N–H and O–H groups in total. The molecule has 0 aromatic heterocycles. The van der Waals surface area contributed by atoms with E-state index in [1.165, 1.54) is 0 Å². The van der Waals surface area contributed by atoms with Gasteiger partial charge in [-0.25, -0.2) is 4.79 Å². The molecule has 0 fully saturated rings. The second kappa shape index (κ2) is 4.09. The summed E-state index contributed by atoms with van der Waals surface area (Å²) < 4.78 is 10.7. The number of rotatable bonds is 2. The van der Waals surface area contributed by atoms with E-state index in [0.29, 0.717) is 6.61 Å². The zero-order valence-electron chi connectivity index (χ0n) is 9.16. The summed E-state index contributed by atoms with van der Waals surface area (Å²) in [4.78, 5) is 11.7. The Morgan fingerprint density at radius 1 is 1.67 bits per heavy atom. The molecule has 15 heavy (non-hydrogen) atoms. The van der Waals surface area contributed by atoms with Crippen LogP contribution in [0.2, 0.25) is 0 Å². The summed E-state index contributed by atoms with van der Waals surface area (Å²) in [5.74, 6) is 0.724. The van der Waals surface area contributed by atoms with Gasteiger partial charge in [0.1, 0.15) is 11.9 Å². The van der Waals surface area contributed by atoms with Gasteiger partial charge in [-0.3, -0.25) is 0 Å². The Labute approximate surface area is 89.8 Å². The Morgan fingerprint density at radius 3 is 3.20 bits per heavy atom. The highest BCUT2D eigenvalue weighted by atomic mass is 16.5. The summed E-state index contributed by atoms with van der Waals surface area (Å²) in [6.45, 7) is 4.09. The zero-order valence-corrected chi connectivity index (χ0v) is 9.16. The van der Waals surface area contributed by atoms with E-state index in [-0.39, 0.29) is 18.0 Å². The minimum absolute atomic E-state index is 0.0538. The Balaban J connectivity index is 2.19. The lowest BCUT2D eigenvalue weighted by Gasteiger charge is -2.20. The summed E-state index contributed by atoms with van der Waals surface area (Å²) in [5.41, 5.74) is 0.742. The SMILES string of the molecule is CCOC(=O)C1=C(C)O[C@@H]2C=CCC[C@H]12.